The zero-order chi connectivity index (χ0) is 17.1. The number of carboxylic acid groups (broad SMARTS) is 1. The molecule has 1 atom stereocenters. The molecule has 0 aromatic heterocycles. The zero-order valence-electron chi connectivity index (χ0n) is 12.7. The van der Waals surface area contributed by atoms with Crippen LogP contribution in [0.25, 0.3) is 0 Å². The van der Waals surface area contributed by atoms with Crippen LogP contribution in [0.3, 0.4) is 0 Å². The van der Waals surface area contributed by atoms with Crippen molar-refractivity contribution in [3.05, 3.63) is 41.2 Å². The van der Waals surface area contributed by atoms with Crippen LogP contribution < -0.4 is 9.84 Å². The molecule has 1 N–H and O–H groups in total. The van der Waals surface area contributed by atoms with Gasteiger partial charge < -0.3 is 24.6 Å². The van der Waals surface area contributed by atoms with E-state index < -0.39 is 35.9 Å². The Hall–Kier alpha value is -2.83. The topological polar surface area (TPSA) is 107 Å². The van der Waals surface area contributed by atoms with Gasteiger partial charge in [-0.25, -0.2) is 0 Å². The number of aliphatic carboxylic acids is 1. The fourth-order valence-electron chi connectivity index (χ4n) is 2.67. The number of hydrogen-bond donors (Lipinski definition) is 1. The molecule has 0 saturated heterocycles. The fraction of sp³-hybridized carbons (Fsp3) is 0.312. The van der Waals surface area contributed by atoms with Crippen LogP contribution in [0.15, 0.2) is 35.6 Å². The normalized spacial score (nSPS) is 17.6. The molecule has 0 bridgehead atoms. The summed E-state index contributed by atoms with van der Waals surface area (Å²) in [5.41, 5.74) is 0.425. The van der Waals surface area contributed by atoms with Crippen LogP contribution in [0.1, 0.15) is 24.9 Å². The smallest absolute Gasteiger partial charge is 0.290 e. The molecular weight excluding hydrogens is 302 g/mol. The minimum Gasteiger partial charge on any atom is -0.550 e. The van der Waals surface area contributed by atoms with Crippen molar-refractivity contribution < 1.29 is 29.3 Å². The summed E-state index contributed by atoms with van der Waals surface area (Å²) in [6.45, 7) is 1.05. The third-order valence-corrected chi connectivity index (χ3v) is 3.67. The van der Waals surface area contributed by atoms with Crippen molar-refractivity contribution >= 4 is 17.7 Å². The number of carboxylic acids is 1. The number of carbonyl (C=O) groups is 3. The Morgan fingerprint density at radius 2 is 2.00 bits per heavy atom. The Kier molecular flexibility index (Phi) is 4.68. The van der Waals surface area contributed by atoms with Gasteiger partial charge in [-0.1, -0.05) is 18.2 Å². The molecule has 1 heterocycles. The summed E-state index contributed by atoms with van der Waals surface area (Å²) < 4.78 is 5.25. The van der Waals surface area contributed by atoms with Crippen LogP contribution in [0.5, 0.6) is 5.75 Å². The van der Waals surface area contributed by atoms with Crippen LogP contribution in [-0.2, 0) is 14.4 Å². The van der Waals surface area contributed by atoms with Crippen molar-refractivity contribution in [2.75, 3.05) is 13.7 Å². The molecule has 0 fully saturated rings. The lowest BCUT2D eigenvalue weighted by atomic mass is 9.96. The van der Waals surface area contributed by atoms with E-state index in [4.69, 9.17) is 4.74 Å². The first-order chi connectivity index (χ1) is 10.9. The summed E-state index contributed by atoms with van der Waals surface area (Å²) in [4.78, 5) is 36.0. The third kappa shape index (κ3) is 3.03. The van der Waals surface area contributed by atoms with E-state index in [2.05, 4.69) is 0 Å². The molecule has 1 aliphatic heterocycles. The van der Waals surface area contributed by atoms with Gasteiger partial charge in [-0.05, 0) is 13.0 Å². The van der Waals surface area contributed by atoms with Crippen LogP contribution >= 0.6 is 0 Å². The Labute approximate surface area is 132 Å². The molecule has 0 aliphatic carbocycles. The highest BCUT2D eigenvalue weighted by molar-refractivity contribution is 6.08. The van der Waals surface area contributed by atoms with Crippen LogP contribution in [-0.4, -0.2) is 41.3 Å². The first-order valence-electron chi connectivity index (χ1n) is 6.96. The van der Waals surface area contributed by atoms with Crippen molar-refractivity contribution in [1.29, 1.82) is 0 Å². The van der Waals surface area contributed by atoms with Gasteiger partial charge in [0.15, 0.2) is 11.5 Å². The number of nitrogens with zero attached hydrogens (tertiary/aromatic N) is 1. The predicted molar refractivity (Wildman–Crippen MR) is 77.4 cm³/mol. The number of aliphatic hydroxyl groups is 1. The number of methoxy groups -OCH3 is 1. The highest BCUT2D eigenvalue weighted by Crippen LogP contribution is 2.41. The number of hydrogen-bond acceptors (Lipinski definition) is 6. The van der Waals surface area contributed by atoms with Crippen molar-refractivity contribution in [3.8, 4) is 5.75 Å². The SMILES string of the molecule is COc1ccccc1[C@H]1C(C(C)=O)=C(O)C(=O)N1CCC(=O)[O-]. The number of para-hydroxylation sites is 1. The first kappa shape index (κ1) is 16.5. The van der Waals surface area contributed by atoms with E-state index in [1.807, 2.05) is 0 Å². The van der Waals surface area contributed by atoms with E-state index in [0.717, 1.165) is 4.90 Å². The number of ketones is 1. The summed E-state index contributed by atoms with van der Waals surface area (Å²) in [5, 5.41) is 20.7. The highest BCUT2D eigenvalue weighted by Gasteiger charge is 2.43. The molecule has 0 unspecified atom stereocenters. The summed E-state index contributed by atoms with van der Waals surface area (Å²) in [6.07, 6.45) is -0.407. The number of amides is 1. The average Bonchev–Trinajstić information content (AvgIpc) is 2.76. The highest BCUT2D eigenvalue weighted by atomic mass is 16.5. The van der Waals surface area contributed by atoms with Crippen molar-refractivity contribution in [2.45, 2.75) is 19.4 Å². The quantitative estimate of drug-likeness (QED) is 0.798. The summed E-state index contributed by atoms with van der Waals surface area (Å²) in [6, 6.07) is 5.85. The van der Waals surface area contributed by atoms with Gasteiger partial charge in [0.2, 0.25) is 0 Å². The van der Waals surface area contributed by atoms with Gasteiger partial charge in [-0.2, -0.15) is 0 Å². The summed E-state index contributed by atoms with van der Waals surface area (Å²) >= 11 is 0. The number of benzene rings is 1. The fourth-order valence-corrected chi connectivity index (χ4v) is 2.67. The predicted octanol–water partition coefficient (Wildman–Crippen LogP) is 0.120. The van der Waals surface area contributed by atoms with Gasteiger partial charge in [-0.15, -0.1) is 0 Å². The van der Waals surface area contributed by atoms with Gasteiger partial charge in [0.1, 0.15) is 5.75 Å². The third-order valence-electron chi connectivity index (χ3n) is 3.67. The molecule has 122 valence electrons. The van der Waals surface area contributed by atoms with Crippen LogP contribution in [0, 0.1) is 0 Å². The van der Waals surface area contributed by atoms with Gasteiger partial charge in [0.25, 0.3) is 5.91 Å². The Bertz CT molecular complexity index is 694. The molecule has 2 rings (SSSR count). The minimum atomic E-state index is -1.33. The maximum absolute atomic E-state index is 12.2. The Balaban J connectivity index is 2.53. The maximum Gasteiger partial charge on any atom is 0.290 e. The van der Waals surface area contributed by atoms with Crippen LogP contribution in [0.2, 0.25) is 0 Å². The van der Waals surface area contributed by atoms with Crippen molar-refractivity contribution in [1.82, 2.24) is 4.90 Å². The molecule has 0 radical (unpaired) electrons. The van der Waals surface area contributed by atoms with Gasteiger partial charge >= 0.3 is 0 Å². The van der Waals surface area contributed by atoms with Gasteiger partial charge in [0.05, 0.1) is 18.7 Å². The number of ether oxygens (including phenoxy) is 1. The number of aliphatic hydroxyl groups excluding tert-OH is 1. The van der Waals surface area contributed by atoms with Crippen molar-refractivity contribution in [2.24, 2.45) is 0 Å². The lowest BCUT2D eigenvalue weighted by molar-refractivity contribution is -0.305. The summed E-state index contributed by atoms with van der Waals surface area (Å²) in [5.74, 6) is -2.81. The molecule has 0 spiro atoms. The average molecular weight is 318 g/mol. The molecule has 7 heteroatoms. The summed E-state index contributed by atoms with van der Waals surface area (Å²) in [7, 11) is 1.44. The molecule has 1 amide bonds. The molecular formula is C16H16NO6-. The van der Waals surface area contributed by atoms with E-state index in [-0.39, 0.29) is 12.1 Å². The number of Topliss-reactive ketones (excluding diaryl/α,β-unsaturated/α-hetero) is 1. The Morgan fingerprint density at radius 3 is 2.57 bits per heavy atom. The van der Waals surface area contributed by atoms with Gasteiger partial charge in [-0.3, -0.25) is 9.59 Å². The van der Waals surface area contributed by atoms with Gasteiger partial charge in [0, 0.05) is 24.5 Å². The van der Waals surface area contributed by atoms with E-state index >= 15 is 0 Å². The molecule has 1 aliphatic rings. The maximum atomic E-state index is 12.2. The number of rotatable bonds is 6. The van der Waals surface area contributed by atoms with Crippen molar-refractivity contribution in [3.63, 3.8) is 0 Å². The number of carbonyl (C=O) groups excluding carboxylic acids is 3. The lowest BCUT2D eigenvalue weighted by Gasteiger charge is -2.27. The Morgan fingerprint density at radius 1 is 1.35 bits per heavy atom. The zero-order valence-corrected chi connectivity index (χ0v) is 12.7. The minimum absolute atomic E-state index is 0.0714. The van der Waals surface area contributed by atoms with E-state index in [9.17, 15) is 24.6 Å². The van der Waals surface area contributed by atoms with Crippen LogP contribution in [0.4, 0.5) is 0 Å². The standard InChI is InChI=1S/C16H17NO6/c1-9(18)13-14(10-5-3-4-6-11(10)23-2)17(8-7-12(19)20)16(22)15(13)21/h3-6,14,21H,7-8H2,1-2H3,(H,19,20)/p-1/t14-/m0/s1. The van der Waals surface area contributed by atoms with E-state index in [0.29, 0.717) is 11.3 Å². The molecule has 0 saturated carbocycles. The second kappa shape index (κ2) is 6.51. The van der Waals surface area contributed by atoms with E-state index in [1.165, 1.54) is 14.0 Å². The lowest BCUT2D eigenvalue weighted by Crippen LogP contribution is -2.35. The molecule has 23 heavy (non-hydrogen) atoms. The molecule has 7 nitrogen and oxygen atoms in total. The molecule has 1 aromatic carbocycles. The monoisotopic (exact) mass is 318 g/mol. The van der Waals surface area contributed by atoms with E-state index in [1.54, 1.807) is 24.3 Å². The second-order valence-corrected chi connectivity index (χ2v) is 5.08. The molecule has 1 aromatic rings. The second-order valence-electron chi connectivity index (χ2n) is 5.08. The largest absolute Gasteiger partial charge is 0.550 e. The first-order valence-corrected chi connectivity index (χ1v) is 6.96.